The average molecular weight is 481 g/mol. The van der Waals surface area contributed by atoms with Gasteiger partial charge in [0.1, 0.15) is 17.3 Å². The van der Waals surface area contributed by atoms with Crippen LogP contribution in [0, 0.1) is 11.6 Å². The monoisotopic (exact) mass is 481 g/mol. The minimum Gasteiger partial charge on any atom is -0.365 e. The van der Waals surface area contributed by atoms with Gasteiger partial charge in [0.05, 0.1) is 0 Å². The Bertz CT molecular complexity index is 577. The fraction of sp³-hybridized carbons (Fsp3) is 0.611. The lowest BCUT2D eigenvalue weighted by molar-refractivity contribution is 0.278. The predicted molar refractivity (Wildman–Crippen MR) is 115 cm³/mol. The van der Waals surface area contributed by atoms with Crippen molar-refractivity contribution in [3.63, 3.8) is 0 Å². The quantitative estimate of drug-likeness (QED) is 0.373. The van der Waals surface area contributed by atoms with Crippen molar-refractivity contribution in [2.24, 2.45) is 4.99 Å². The number of aliphatic imine (C=N–C) groups is 1. The molecule has 5 nitrogen and oxygen atoms in total. The molecule has 1 fully saturated rings. The fourth-order valence-corrected chi connectivity index (χ4v) is 2.87. The van der Waals surface area contributed by atoms with E-state index in [1.54, 1.807) is 11.9 Å². The van der Waals surface area contributed by atoms with E-state index in [0.29, 0.717) is 19.1 Å². The van der Waals surface area contributed by atoms with Crippen molar-refractivity contribution in [2.45, 2.75) is 32.4 Å². The summed E-state index contributed by atoms with van der Waals surface area (Å²) in [7, 11) is 3.81. The number of para-hydroxylation sites is 1. The van der Waals surface area contributed by atoms with Crippen molar-refractivity contribution in [1.29, 1.82) is 0 Å². The molecule has 148 valence electrons. The third kappa shape index (κ3) is 6.22. The van der Waals surface area contributed by atoms with Crippen molar-refractivity contribution in [3.05, 3.63) is 29.8 Å². The predicted octanol–water partition coefficient (Wildman–Crippen LogP) is 2.67. The van der Waals surface area contributed by atoms with Gasteiger partial charge < -0.3 is 20.4 Å². The zero-order valence-corrected chi connectivity index (χ0v) is 18.3. The van der Waals surface area contributed by atoms with Gasteiger partial charge in [-0.25, -0.2) is 8.78 Å². The van der Waals surface area contributed by atoms with E-state index < -0.39 is 11.6 Å². The number of guanidine groups is 1. The lowest BCUT2D eigenvalue weighted by Crippen LogP contribution is -2.46. The Morgan fingerprint density at radius 3 is 2.58 bits per heavy atom. The van der Waals surface area contributed by atoms with Gasteiger partial charge in [-0.2, -0.15) is 0 Å². The first-order valence-corrected chi connectivity index (χ1v) is 8.78. The topological polar surface area (TPSA) is 42.9 Å². The molecule has 1 saturated heterocycles. The average Bonchev–Trinajstić information content (AvgIpc) is 3.01. The number of rotatable bonds is 6. The molecule has 0 aliphatic carbocycles. The van der Waals surface area contributed by atoms with Gasteiger partial charge in [0.15, 0.2) is 5.96 Å². The van der Waals surface area contributed by atoms with E-state index in [-0.39, 0.29) is 35.7 Å². The van der Waals surface area contributed by atoms with Crippen molar-refractivity contribution in [2.75, 3.05) is 45.2 Å². The highest BCUT2D eigenvalue weighted by molar-refractivity contribution is 14.0. The van der Waals surface area contributed by atoms with Crippen LogP contribution in [-0.4, -0.2) is 63.2 Å². The Kier molecular flexibility index (Phi) is 9.56. The van der Waals surface area contributed by atoms with Crippen LogP contribution >= 0.6 is 24.0 Å². The molecule has 2 N–H and O–H groups in total. The Balaban J connectivity index is 0.00000338. The molecular weight excluding hydrogens is 451 g/mol. The highest BCUT2D eigenvalue weighted by atomic mass is 127. The Morgan fingerprint density at radius 1 is 1.35 bits per heavy atom. The molecule has 0 amide bonds. The molecular formula is C18H30F2IN5. The maximum absolute atomic E-state index is 13.9. The van der Waals surface area contributed by atoms with Crippen molar-refractivity contribution >= 4 is 35.6 Å². The van der Waals surface area contributed by atoms with Gasteiger partial charge in [-0.1, -0.05) is 6.07 Å². The highest BCUT2D eigenvalue weighted by Crippen LogP contribution is 2.26. The summed E-state index contributed by atoms with van der Waals surface area (Å²) in [6.45, 7) is 7.17. The van der Waals surface area contributed by atoms with Gasteiger partial charge >= 0.3 is 0 Å². The summed E-state index contributed by atoms with van der Waals surface area (Å²) < 4.78 is 27.8. The van der Waals surface area contributed by atoms with Crippen molar-refractivity contribution in [3.8, 4) is 0 Å². The van der Waals surface area contributed by atoms with E-state index in [1.165, 1.54) is 18.2 Å². The number of likely N-dealkylation sites (N-methyl/N-ethyl adjacent to an activating group) is 1. The molecule has 1 aromatic carbocycles. The van der Waals surface area contributed by atoms with E-state index in [2.05, 4.69) is 41.4 Å². The fourth-order valence-electron chi connectivity index (χ4n) is 2.87. The first-order chi connectivity index (χ1) is 11.9. The Morgan fingerprint density at radius 2 is 2.00 bits per heavy atom. The lowest BCUT2D eigenvalue weighted by Gasteiger charge is -2.23. The van der Waals surface area contributed by atoms with E-state index in [4.69, 9.17) is 0 Å². The second-order valence-electron chi connectivity index (χ2n) is 6.72. The van der Waals surface area contributed by atoms with Gasteiger partial charge in [-0.3, -0.25) is 4.99 Å². The minimum absolute atomic E-state index is 0. The van der Waals surface area contributed by atoms with Crippen LogP contribution in [0.5, 0.6) is 0 Å². The minimum atomic E-state index is -0.514. The molecule has 0 aromatic heterocycles. The zero-order valence-electron chi connectivity index (χ0n) is 15.9. The van der Waals surface area contributed by atoms with Gasteiger partial charge in [0.2, 0.25) is 0 Å². The lowest BCUT2D eigenvalue weighted by atomic mass is 10.2. The van der Waals surface area contributed by atoms with Gasteiger partial charge in [0, 0.05) is 45.3 Å². The number of hydrogen-bond donors (Lipinski definition) is 2. The van der Waals surface area contributed by atoms with Crippen LogP contribution in [0.3, 0.4) is 0 Å². The summed E-state index contributed by atoms with van der Waals surface area (Å²) >= 11 is 0. The molecule has 1 aromatic rings. The number of hydrogen-bond acceptors (Lipinski definition) is 3. The first kappa shape index (κ1) is 22.9. The molecule has 8 heteroatoms. The summed E-state index contributed by atoms with van der Waals surface area (Å²) in [4.78, 5) is 8.24. The molecule has 0 bridgehead atoms. The molecule has 1 aliphatic heterocycles. The van der Waals surface area contributed by atoms with Gasteiger partial charge in [0.25, 0.3) is 0 Å². The van der Waals surface area contributed by atoms with Crippen LogP contribution in [0.2, 0.25) is 0 Å². The summed E-state index contributed by atoms with van der Waals surface area (Å²) in [5, 5.41) is 6.63. The SMILES string of the molecule is CN=C(NCCN(C)C(C)C)NC1CCN(c2c(F)cccc2F)C1.I. The number of anilines is 1. The van der Waals surface area contributed by atoms with Crippen molar-refractivity contribution in [1.82, 2.24) is 15.5 Å². The van der Waals surface area contributed by atoms with Gasteiger partial charge in [-0.05, 0) is 39.4 Å². The molecule has 0 spiro atoms. The molecule has 1 aliphatic rings. The summed E-state index contributed by atoms with van der Waals surface area (Å²) in [5.41, 5.74) is 0.0632. The zero-order chi connectivity index (χ0) is 18.4. The number of nitrogens with zero attached hydrogens (tertiary/aromatic N) is 3. The molecule has 1 unspecified atom stereocenters. The second-order valence-corrected chi connectivity index (χ2v) is 6.72. The van der Waals surface area contributed by atoms with Crippen LogP contribution in [0.15, 0.2) is 23.2 Å². The van der Waals surface area contributed by atoms with Crippen LogP contribution in [0.4, 0.5) is 14.5 Å². The summed E-state index contributed by atoms with van der Waals surface area (Å²) in [5.74, 6) is -0.308. The van der Waals surface area contributed by atoms with E-state index >= 15 is 0 Å². The molecule has 0 saturated carbocycles. The molecule has 0 radical (unpaired) electrons. The summed E-state index contributed by atoms with van der Waals surface area (Å²) in [6.07, 6.45) is 0.806. The van der Waals surface area contributed by atoms with Crippen LogP contribution in [-0.2, 0) is 0 Å². The van der Waals surface area contributed by atoms with E-state index in [1.807, 2.05) is 0 Å². The molecule has 1 heterocycles. The maximum atomic E-state index is 13.9. The van der Waals surface area contributed by atoms with Gasteiger partial charge in [-0.15, -0.1) is 24.0 Å². The highest BCUT2D eigenvalue weighted by Gasteiger charge is 2.27. The van der Waals surface area contributed by atoms with Crippen LogP contribution in [0.1, 0.15) is 20.3 Å². The molecule has 2 rings (SSSR count). The van der Waals surface area contributed by atoms with Crippen LogP contribution < -0.4 is 15.5 Å². The molecule has 26 heavy (non-hydrogen) atoms. The first-order valence-electron chi connectivity index (χ1n) is 8.78. The smallest absolute Gasteiger partial charge is 0.191 e. The standard InChI is InChI=1S/C18H29F2N5.HI/c1-13(2)24(4)11-9-22-18(21-3)23-14-8-10-25(12-14)17-15(19)6-5-7-16(17)20;/h5-7,13-14H,8-12H2,1-4H3,(H2,21,22,23);1H. The normalized spacial score (nSPS) is 17.6. The number of nitrogens with one attached hydrogen (secondary N) is 2. The number of halogens is 3. The number of benzene rings is 1. The second kappa shape index (κ2) is 10.9. The third-order valence-corrected chi connectivity index (χ3v) is 4.64. The Hall–Kier alpha value is -1.16. The van der Waals surface area contributed by atoms with E-state index in [0.717, 1.165) is 25.5 Å². The Labute approximate surface area is 172 Å². The summed E-state index contributed by atoms with van der Waals surface area (Å²) in [6, 6.07) is 4.58. The molecule has 1 atom stereocenters. The largest absolute Gasteiger partial charge is 0.365 e. The third-order valence-electron chi connectivity index (χ3n) is 4.64. The maximum Gasteiger partial charge on any atom is 0.191 e. The van der Waals surface area contributed by atoms with Crippen LogP contribution in [0.25, 0.3) is 0 Å². The van der Waals surface area contributed by atoms with E-state index in [9.17, 15) is 8.78 Å². The van der Waals surface area contributed by atoms with Crippen molar-refractivity contribution < 1.29 is 8.78 Å².